The minimum Gasteiger partial charge on any atom is -0.496 e. The number of nitrogen functional groups attached to an aromatic ring is 1. The van der Waals surface area contributed by atoms with Gasteiger partial charge in [-0.25, -0.2) is 4.98 Å². The number of methoxy groups -OCH3 is 1. The Morgan fingerprint density at radius 1 is 1.53 bits per heavy atom. The molecular weight excluding hydrogens is 262 g/mol. The van der Waals surface area contributed by atoms with E-state index in [-0.39, 0.29) is 11.5 Å². The van der Waals surface area contributed by atoms with Crippen molar-refractivity contribution in [2.24, 2.45) is 0 Å². The van der Waals surface area contributed by atoms with E-state index in [0.717, 1.165) is 4.47 Å². The third-order valence-electron chi connectivity index (χ3n) is 1.98. The van der Waals surface area contributed by atoms with Crippen LogP contribution in [0, 0.1) is 0 Å². The molecule has 0 bridgehead atoms. The molecule has 0 aliphatic carbocycles. The molecule has 2 rings (SSSR count). The normalized spacial score (nSPS) is 10.5. The summed E-state index contributed by atoms with van der Waals surface area (Å²) >= 11 is 3.30. The topological polar surface area (TPSA) is 81.0 Å². The van der Waals surface area contributed by atoms with Crippen molar-refractivity contribution in [3.8, 4) is 5.75 Å². The van der Waals surface area contributed by atoms with Gasteiger partial charge in [-0.05, 0) is 12.1 Å². The van der Waals surface area contributed by atoms with Crippen LogP contribution in [0.1, 0.15) is 0 Å². The van der Waals surface area contributed by atoms with E-state index >= 15 is 0 Å². The Morgan fingerprint density at radius 2 is 2.27 bits per heavy atom. The van der Waals surface area contributed by atoms with Gasteiger partial charge in [0, 0.05) is 4.47 Å². The molecule has 78 valence electrons. The van der Waals surface area contributed by atoms with Crippen LogP contribution in [0.2, 0.25) is 0 Å². The number of halogens is 1. The molecule has 3 N–H and O–H groups in total. The Kier molecular flexibility index (Phi) is 2.36. The van der Waals surface area contributed by atoms with Crippen molar-refractivity contribution in [2.45, 2.75) is 0 Å². The van der Waals surface area contributed by atoms with Gasteiger partial charge in [0.15, 0.2) is 0 Å². The zero-order chi connectivity index (χ0) is 11.0. The maximum absolute atomic E-state index is 11.6. The first-order chi connectivity index (χ1) is 7.11. The summed E-state index contributed by atoms with van der Waals surface area (Å²) in [5.41, 5.74) is 5.64. The van der Waals surface area contributed by atoms with Gasteiger partial charge in [0.1, 0.15) is 11.1 Å². The number of nitrogens with zero attached hydrogens (tertiary/aromatic N) is 1. The fourth-order valence-corrected chi connectivity index (χ4v) is 1.81. The lowest BCUT2D eigenvalue weighted by atomic mass is 10.2. The van der Waals surface area contributed by atoms with Crippen LogP contribution in [0.5, 0.6) is 5.75 Å². The fraction of sp³-hybridized carbons (Fsp3) is 0.111. The number of hydrogen-bond donors (Lipinski definition) is 2. The van der Waals surface area contributed by atoms with Crippen molar-refractivity contribution in [2.75, 3.05) is 12.8 Å². The standard InChI is InChI=1S/C9H8BrN3O2/c1-15-6-3-4(10)2-5-7(6)8(14)13-9(11)12-5/h2-3H,1H3,(H3,11,12,13,14). The van der Waals surface area contributed by atoms with Crippen molar-refractivity contribution in [3.05, 3.63) is 27.0 Å². The van der Waals surface area contributed by atoms with E-state index in [1.165, 1.54) is 7.11 Å². The average molecular weight is 270 g/mol. The molecule has 0 aliphatic heterocycles. The molecule has 0 spiro atoms. The SMILES string of the molecule is COc1cc(Br)cc2nc(N)[nH]c(=O)c12. The van der Waals surface area contributed by atoms with Crippen LogP contribution in [0.3, 0.4) is 0 Å². The molecule has 1 heterocycles. The number of hydrogen-bond acceptors (Lipinski definition) is 4. The van der Waals surface area contributed by atoms with Gasteiger partial charge in [0.25, 0.3) is 5.56 Å². The monoisotopic (exact) mass is 269 g/mol. The van der Waals surface area contributed by atoms with E-state index in [2.05, 4.69) is 25.9 Å². The molecule has 1 aromatic carbocycles. The number of anilines is 1. The first kappa shape index (κ1) is 9.97. The Balaban J connectivity index is 2.96. The highest BCUT2D eigenvalue weighted by Crippen LogP contribution is 2.26. The van der Waals surface area contributed by atoms with E-state index in [0.29, 0.717) is 16.7 Å². The highest BCUT2D eigenvalue weighted by Gasteiger charge is 2.09. The molecule has 6 heteroatoms. The summed E-state index contributed by atoms with van der Waals surface area (Å²) < 4.78 is 5.88. The summed E-state index contributed by atoms with van der Waals surface area (Å²) in [6.07, 6.45) is 0. The molecule has 0 saturated heterocycles. The molecule has 0 radical (unpaired) electrons. The lowest BCUT2D eigenvalue weighted by Gasteiger charge is -2.05. The van der Waals surface area contributed by atoms with Crippen LogP contribution in [-0.2, 0) is 0 Å². The van der Waals surface area contributed by atoms with Gasteiger partial charge in [-0.15, -0.1) is 0 Å². The number of rotatable bonds is 1. The first-order valence-electron chi connectivity index (χ1n) is 4.15. The third kappa shape index (κ3) is 1.68. The lowest BCUT2D eigenvalue weighted by Crippen LogP contribution is -2.12. The predicted octanol–water partition coefficient (Wildman–Crippen LogP) is 1.28. The molecule has 0 amide bonds. The van der Waals surface area contributed by atoms with Crippen LogP contribution < -0.4 is 16.0 Å². The molecule has 2 aromatic rings. The zero-order valence-corrected chi connectivity index (χ0v) is 9.46. The van der Waals surface area contributed by atoms with Crippen molar-refractivity contribution < 1.29 is 4.74 Å². The molecular formula is C9H8BrN3O2. The minimum absolute atomic E-state index is 0.0904. The van der Waals surface area contributed by atoms with Gasteiger partial charge < -0.3 is 10.5 Å². The highest BCUT2D eigenvalue weighted by molar-refractivity contribution is 9.10. The van der Waals surface area contributed by atoms with Crippen LogP contribution in [-0.4, -0.2) is 17.1 Å². The van der Waals surface area contributed by atoms with Gasteiger partial charge in [-0.1, -0.05) is 15.9 Å². The van der Waals surface area contributed by atoms with Crippen molar-refractivity contribution in [3.63, 3.8) is 0 Å². The number of aromatic nitrogens is 2. The molecule has 0 aliphatic rings. The minimum atomic E-state index is -0.304. The second-order valence-electron chi connectivity index (χ2n) is 2.95. The largest absolute Gasteiger partial charge is 0.496 e. The molecule has 0 saturated carbocycles. The first-order valence-corrected chi connectivity index (χ1v) is 4.94. The highest BCUT2D eigenvalue weighted by atomic mass is 79.9. The summed E-state index contributed by atoms with van der Waals surface area (Å²) in [5.74, 6) is 0.556. The molecule has 0 fully saturated rings. The Hall–Kier alpha value is -1.56. The summed E-state index contributed by atoms with van der Waals surface area (Å²) in [6.45, 7) is 0. The van der Waals surface area contributed by atoms with E-state index in [4.69, 9.17) is 10.5 Å². The van der Waals surface area contributed by atoms with Gasteiger partial charge >= 0.3 is 0 Å². The fourth-order valence-electron chi connectivity index (χ4n) is 1.38. The van der Waals surface area contributed by atoms with Gasteiger partial charge in [0.2, 0.25) is 5.95 Å². The van der Waals surface area contributed by atoms with E-state index in [1.54, 1.807) is 12.1 Å². The number of ether oxygens (including phenoxy) is 1. The quantitative estimate of drug-likeness (QED) is 0.817. The Morgan fingerprint density at radius 3 is 2.93 bits per heavy atom. The van der Waals surface area contributed by atoms with Crippen LogP contribution in [0.4, 0.5) is 5.95 Å². The van der Waals surface area contributed by atoms with Crippen molar-refractivity contribution >= 4 is 32.8 Å². The zero-order valence-electron chi connectivity index (χ0n) is 7.87. The molecule has 15 heavy (non-hydrogen) atoms. The van der Waals surface area contributed by atoms with Crippen molar-refractivity contribution in [1.29, 1.82) is 0 Å². The van der Waals surface area contributed by atoms with Crippen LogP contribution in [0.25, 0.3) is 10.9 Å². The smallest absolute Gasteiger partial charge is 0.263 e. The maximum Gasteiger partial charge on any atom is 0.263 e. The summed E-state index contributed by atoms with van der Waals surface area (Å²) in [6, 6.07) is 3.42. The Labute approximate surface area is 93.4 Å². The van der Waals surface area contributed by atoms with Crippen LogP contribution >= 0.6 is 15.9 Å². The molecule has 0 atom stereocenters. The summed E-state index contributed by atoms with van der Waals surface area (Å²) in [5, 5.41) is 0.398. The number of benzene rings is 1. The van der Waals surface area contributed by atoms with E-state index < -0.39 is 0 Å². The number of H-pyrrole nitrogens is 1. The van der Waals surface area contributed by atoms with Gasteiger partial charge in [0.05, 0.1) is 12.6 Å². The van der Waals surface area contributed by atoms with Gasteiger partial charge in [-0.2, -0.15) is 0 Å². The summed E-state index contributed by atoms with van der Waals surface area (Å²) in [4.78, 5) is 18.1. The number of nitrogens with one attached hydrogen (secondary N) is 1. The number of aromatic amines is 1. The molecule has 5 nitrogen and oxygen atoms in total. The lowest BCUT2D eigenvalue weighted by molar-refractivity contribution is 0.419. The van der Waals surface area contributed by atoms with Crippen LogP contribution in [0.15, 0.2) is 21.4 Å². The predicted molar refractivity (Wildman–Crippen MR) is 61.0 cm³/mol. The molecule has 1 aromatic heterocycles. The second kappa shape index (κ2) is 3.54. The number of fused-ring (bicyclic) bond motifs is 1. The van der Waals surface area contributed by atoms with Crippen molar-refractivity contribution in [1.82, 2.24) is 9.97 Å². The van der Waals surface area contributed by atoms with Gasteiger partial charge in [-0.3, -0.25) is 9.78 Å². The Bertz CT molecular complexity index is 574. The molecule has 0 unspecified atom stereocenters. The summed E-state index contributed by atoms with van der Waals surface area (Å²) in [7, 11) is 1.50. The third-order valence-corrected chi connectivity index (χ3v) is 2.43. The average Bonchev–Trinajstić information content (AvgIpc) is 2.14. The number of nitrogens with two attached hydrogens (primary N) is 1. The second-order valence-corrected chi connectivity index (χ2v) is 3.87. The maximum atomic E-state index is 11.6. The van der Waals surface area contributed by atoms with E-state index in [1.807, 2.05) is 0 Å². The van der Waals surface area contributed by atoms with E-state index in [9.17, 15) is 4.79 Å².